The standard InChI is InChI=1S/C23H27NO4/c1-8-16-11-10-12-17(13-16)20-18(21(25)27-9-2)14(3)24-15(4)19(20)22(26)28-23(5,6)7/h1,10-13,18,20H,9H2,2-7H3. The van der Waals surface area contributed by atoms with E-state index >= 15 is 0 Å². The number of hydrogen-bond donors (Lipinski definition) is 0. The molecular formula is C23H27NO4. The van der Waals surface area contributed by atoms with Crippen molar-refractivity contribution in [2.75, 3.05) is 6.61 Å². The first-order chi connectivity index (χ1) is 13.1. The van der Waals surface area contributed by atoms with E-state index in [-0.39, 0.29) is 6.61 Å². The predicted molar refractivity (Wildman–Crippen MR) is 109 cm³/mol. The molecular weight excluding hydrogens is 354 g/mol. The summed E-state index contributed by atoms with van der Waals surface area (Å²) in [6, 6.07) is 7.29. The van der Waals surface area contributed by atoms with Crippen molar-refractivity contribution in [1.82, 2.24) is 0 Å². The molecule has 5 heteroatoms. The van der Waals surface area contributed by atoms with Crippen molar-refractivity contribution < 1.29 is 19.1 Å². The fourth-order valence-corrected chi connectivity index (χ4v) is 3.35. The van der Waals surface area contributed by atoms with Gasteiger partial charge in [-0.2, -0.15) is 0 Å². The van der Waals surface area contributed by atoms with Crippen LogP contribution >= 0.6 is 0 Å². The summed E-state index contributed by atoms with van der Waals surface area (Å²) >= 11 is 0. The van der Waals surface area contributed by atoms with Gasteiger partial charge >= 0.3 is 11.9 Å². The molecule has 0 spiro atoms. The molecule has 1 aliphatic rings. The van der Waals surface area contributed by atoms with Crippen molar-refractivity contribution in [1.29, 1.82) is 0 Å². The van der Waals surface area contributed by atoms with Crippen LogP contribution in [0.3, 0.4) is 0 Å². The zero-order chi connectivity index (χ0) is 21.1. The summed E-state index contributed by atoms with van der Waals surface area (Å²) in [6.07, 6.45) is 5.55. The van der Waals surface area contributed by atoms with E-state index in [2.05, 4.69) is 10.9 Å². The van der Waals surface area contributed by atoms with E-state index in [0.29, 0.717) is 22.5 Å². The fraction of sp³-hybridized carbons (Fsp3) is 0.435. The number of allylic oxidation sites excluding steroid dienone is 1. The number of benzene rings is 1. The first-order valence-electron chi connectivity index (χ1n) is 9.31. The minimum absolute atomic E-state index is 0.240. The molecule has 1 heterocycles. The molecule has 2 rings (SSSR count). The molecule has 0 aliphatic carbocycles. The highest BCUT2D eigenvalue weighted by molar-refractivity contribution is 6.07. The number of carbonyl (C=O) groups is 2. The maximum Gasteiger partial charge on any atom is 0.337 e. The summed E-state index contributed by atoms with van der Waals surface area (Å²) in [4.78, 5) is 30.3. The van der Waals surface area contributed by atoms with Crippen LogP contribution in [0.2, 0.25) is 0 Å². The molecule has 0 fully saturated rings. The Morgan fingerprint density at radius 3 is 2.50 bits per heavy atom. The Bertz CT molecular complexity index is 881. The lowest BCUT2D eigenvalue weighted by molar-refractivity contribution is -0.150. The molecule has 1 aromatic rings. The first kappa shape index (κ1) is 21.4. The molecule has 0 aromatic heterocycles. The molecule has 1 aliphatic heterocycles. The number of hydrogen-bond acceptors (Lipinski definition) is 5. The van der Waals surface area contributed by atoms with Gasteiger partial charge < -0.3 is 9.47 Å². The summed E-state index contributed by atoms with van der Waals surface area (Å²) in [7, 11) is 0. The largest absolute Gasteiger partial charge is 0.465 e. The van der Waals surface area contributed by atoms with E-state index in [4.69, 9.17) is 15.9 Å². The highest BCUT2D eigenvalue weighted by atomic mass is 16.6. The molecule has 0 saturated carbocycles. The molecule has 0 N–H and O–H groups in total. The van der Waals surface area contributed by atoms with Gasteiger partial charge in [-0.3, -0.25) is 9.79 Å². The van der Waals surface area contributed by atoms with Crippen molar-refractivity contribution >= 4 is 17.7 Å². The van der Waals surface area contributed by atoms with Gasteiger partial charge in [0.1, 0.15) is 11.5 Å². The predicted octanol–water partition coefficient (Wildman–Crippen LogP) is 4.02. The number of esters is 2. The number of nitrogens with zero attached hydrogens (tertiary/aromatic N) is 1. The molecule has 0 bridgehead atoms. The summed E-state index contributed by atoms with van der Waals surface area (Å²) in [6.45, 7) is 10.9. The van der Waals surface area contributed by atoms with Crippen LogP contribution in [0.5, 0.6) is 0 Å². The van der Waals surface area contributed by atoms with E-state index in [0.717, 1.165) is 5.56 Å². The van der Waals surface area contributed by atoms with Crippen molar-refractivity contribution in [3.05, 3.63) is 46.7 Å². The average molecular weight is 381 g/mol. The smallest absolute Gasteiger partial charge is 0.337 e. The topological polar surface area (TPSA) is 65.0 Å². The third-order valence-corrected chi connectivity index (χ3v) is 4.40. The SMILES string of the molecule is C#Cc1cccc(C2C(C(=O)OC(C)(C)C)=C(C)N=C(C)C2C(=O)OCC)c1. The minimum Gasteiger partial charge on any atom is -0.465 e. The van der Waals surface area contributed by atoms with E-state index < -0.39 is 29.4 Å². The van der Waals surface area contributed by atoms with Gasteiger partial charge in [-0.15, -0.1) is 6.42 Å². The van der Waals surface area contributed by atoms with Crippen LogP contribution in [0, 0.1) is 18.3 Å². The zero-order valence-electron chi connectivity index (χ0n) is 17.3. The summed E-state index contributed by atoms with van der Waals surface area (Å²) < 4.78 is 10.9. The summed E-state index contributed by atoms with van der Waals surface area (Å²) in [5.74, 6) is 0.379. The number of carbonyl (C=O) groups excluding carboxylic acids is 2. The lowest BCUT2D eigenvalue weighted by Crippen LogP contribution is -2.38. The second kappa shape index (κ2) is 8.43. The fourth-order valence-electron chi connectivity index (χ4n) is 3.35. The molecule has 0 amide bonds. The summed E-state index contributed by atoms with van der Waals surface area (Å²) in [5.41, 5.74) is 2.23. The lowest BCUT2D eigenvalue weighted by Gasteiger charge is -2.33. The lowest BCUT2D eigenvalue weighted by atomic mass is 9.75. The Labute approximate surface area is 166 Å². The molecule has 2 unspecified atom stereocenters. The number of terminal acetylenes is 1. The highest BCUT2D eigenvalue weighted by Gasteiger charge is 2.43. The molecule has 148 valence electrons. The van der Waals surface area contributed by atoms with Gasteiger partial charge in [-0.05, 0) is 59.2 Å². The van der Waals surface area contributed by atoms with Crippen LogP contribution in [-0.2, 0) is 19.1 Å². The molecule has 5 nitrogen and oxygen atoms in total. The molecule has 28 heavy (non-hydrogen) atoms. The minimum atomic E-state index is -0.723. The molecule has 0 saturated heterocycles. The van der Waals surface area contributed by atoms with Crippen LogP contribution in [0.1, 0.15) is 58.6 Å². The first-order valence-corrected chi connectivity index (χ1v) is 9.31. The van der Waals surface area contributed by atoms with Crippen molar-refractivity contribution in [2.45, 2.75) is 53.1 Å². The van der Waals surface area contributed by atoms with E-state index in [1.54, 1.807) is 47.6 Å². The zero-order valence-corrected chi connectivity index (χ0v) is 17.3. The van der Waals surface area contributed by atoms with E-state index in [9.17, 15) is 9.59 Å². The van der Waals surface area contributed by atoms with E-state index in [1.807, 2.05) is 18.2 Å². The quantitative estimate of drug-likeness (QED) is 0.584. The van der Waals surface area contributed by atoms with Gasteiger partial charge in [0.15, 0.2) is 0 Å². The van der Waals surface area contributed by atoms with E-state index in [1.165, 1.54) is 0 Å². The van der Waals surface area contributed by atoms with Gasteiger partial charge in [0.05, 0.1) is 12.2 Å². The molecule has 1 aromatic carbocycles. The van der Waals surface area contributed by atoms with Gasteiger partial charge in [0.25, 0.3) is 0 Å². The maximum atomic E-state index is 13.1. The number of aliphatic imine (C=N–C) groups is 1. The number of ether oxygens (including phenoxy) is 2. The monoisotopic (exact) mass is 381 g/mol. The third-order valence-electron chi connectivity index (χ3n) is 4.40. The second-order valence-electron chi connectivity index (χ2n) is 7.73. The highest BCUT2D eigenvalue weighted by Crippen LogP contribution is 2.40. The Balaban J connectivity index is 2.66. The average Bonchev–Trinajstić information content (AvgIpc) is 2.59. The Morgan fingerprint density at radius 2 is 1.93 bits per heavy atom. The Morgan fingerprint density at radius 1 is 1.25 bits per heavy atom. The molecule has 0 radical (unpaired) electrons. The normalized spacial score (nSPS) is 19.5. The molecule has 2 atom stereocenters. The van der Waals surface area contributed by atoms with Gasteiger partial charge in [0, 0.05) is 22.9 Å². The number of rotatable bonds is 4. The van der Waals surface area contributed by atoms with Crippen molar-refractivity contribution in [3.63, 3.8) is 0 Å². The van der Waals surface area contributed by atoms with Crippen LogP contribution < -0.4 is 0 Å². The van der Waals surface area contributed by atoms with Crippen molar-refractivity contribution in [2.24, 2.45) is 10.9 Å². The third kappa shape index (κ3) is 4.69. The second-order valence-corrected chi connectivity index (χ2v) is 7.73. The maximum absolute atomic E-state index is 13.1. The van der Waals surface area contributed by atoms with Crippen LogP contribution in [0.25, 0.3) is 0 Å². The Kier molecular flexibility index (Phi) is 6.45. The van der Waals surface area contributed by atoms with Gasteiger partial charge in [-0.1, -0.05) is 18.1 Å². The van der Waals surface area contributed by atoms with Crippen molar-refractivity contribution in [3.8, 4) is 12.3 Å². The van der Waals surface area contributed by atoms with Crippen LogP contribution in [-0.4, -0.2) is 29.9 Å². The summed E-state index contributed by atoms with van der Waals surface area (Å²) in [5, 5.41) is 0. The van der Waals surface area contributed by atoms with Gasteiger partial charge in [0.2, 0.25) is 0 Å². The van der Waals surface area contributed by atoms with Gasteiger partial charge in [-0.25, -0.2) is 4.79 Å². The van der Waals surface area contributed by atoms with Crippen LogP contribution in [0.4, 0.5) is 0 Å². The van der Waals surface area contributed by atoms with Crippen LogP contribution in [0.15, 0.2) is 40.5 Å². The Hall–Kier alpha value is -2.87.